The summed E-state index contributed by atoms with van der Waals surface area (Å²) in [6.07, 6.45) is -0.365. The van der Waals surface area contributed by atoms with Crippen molar-refractivity contribution >= 4 is 28.3 Å². The highest BCUT2D eigenvalue weighted by molar-refractivity contribution is 6.34. The van der Waals surface area contributed by atoms with Crippen LogP contribution in [0, 0.1) is 0 Å². The maximum Gasteiger partial charge on any atom is 0.185 e. The lowest BCUT2D eigenvalue weighted by atomic mass is 10.0. The van der Waals surface area contributed by atoms with E-state index in [9.17, 15) is 4.39 Å². The molecule has 3 aromatic rings. The fourth-order valence-corrected chi connectivity index (χ4v) is 3.12. The lowest BCUT2D eigenvalue weighted by molar-refractivity contribution is 0.341. The molecule has 0 aliphatic carbocycles. The van der Waals surface area contributed by atoms with Gasteiger partial charge in [-0.05, 0) is 24.1 Å². The molecule has 1 unspecified atom stereocenters. The van der Waals surface area contributed by atoms with Gasteiger partial charge in [0.2, 0.25) is 0 Å². The van der Waals surface area contributed by atoms with E-state index in [1.807, 2.05) is 24.3 Å². The van der Waals surface area contributed by atoms with Crippen molar-refractivity contribution in [2.45, 2.75) is 12.6 Å². The fourth-order valence-electron chi connectivity index (χ4n) is 2.90. The molecule has 1 atom stereocenters. The first kappa shape index (κ1) is 12.7. The van der Waals surface area contributed by atoms with Gasteiger partial charge in [0, 0.05) is 23.2 Å². The molecule has 2 aromatic carbocycles. The first-order valence-electron chi connectivity index (χ1n) is 6.92. The molecule has 0 bridgehead atoms. The summed E-state index contributed by atoms with van der Waals surface area (Å²) in [6.45, 7) is 0.852. The van der Waals surface area contributed by atoms with Crippen molar-refractivity contribution in [2.75, 3.05) is 11.9 Å². The predicted molar refractivity (Wildman–Crippen MR) is 82.8 cm³/mol. The maximum absolute atomic E-state index is 14.9. The van der Waals surface area contributed by atoms with E-state index in [0.717, 1.165) is 29.6 Å². The molecule has 0 fully saturated rings. The molecule has 1 aliphatic heterocycles. The van der Waals surface area contributed by atoms with Gasteiger partial charge in [-0.15, -0.1) is 0 Å². The number of furan rings is 1. The zero-order valence-electron chi connectivity index (χ0n) is 11.2. The van der Waals surface area contributed by atoms with Crippen LogP contribution in [0.3, 0.4) is 0 Å². The predicted octanol–water partition coefficient (Wildman–Crippen LogP) is 5.11. The number of alkyl halides is 1. The first-order chi connectivity index (χ1) is 10.2. The molecular weight excluding hydrogens is 289 g/mol. The summed E-state index contributed by atoms with van der Waals surface area (Å²) in [5.74, 6) is 0.292. The van der Waals surface area contributed by atoms with Crippen LogP contribution in [0.2, 0.25) is 5.02 Å². The van der Waals surface area contributed by atoms with Crippen LogP contribution in [0.15, 0.2) is 46.9 Å². The van der Waals surface area contributed by atoms with Gasteiger partial charge >= 0.3 is 0 Å². The standard InChI is InChI=1S/C17H13ClFNO/c18-13-6-2-4-11-9-14(21-17(11)13)15(19)12-5-1-3-10-7-8-20-16(10)12/h1-6,9,15,20H,7-8H2. The highest BCUT2D eigenvalue weighted by atomic mass is 35.5. The normalized spacial score (nSPS) is 15.0. The van der Waals surface area contributed by atoms with Crippen LogP contribution in [0.25, 0.3) is 11.0 Å². The van der Waals surface area contributed by atoms with Gasteiger partial charge in [-0.2, -0.15) is 0 Å². The maximum atomic E-state index is 14.9. The van der Waals surface area contributed by atoms with Crippen molar-refractivity contribution in [1.82, 2.24) is 0 Å². The molecule has 4 rings (SSSR count). The molecule has 1 aromatic heterocycles. The van der Waals surface area contributed by atoms with E-state index in [0.29, 0.717) is 21.9 Å². The Kier molecular flexibility index (Phi) is 2.89. The topological polar surface area (TPSA) is 25.2 Å². The summed E-state index contributed by atoms with van der Waals surface area (Å²) in [4.78, 5) is 0. The third-order valence-electron chi connectivity index (χ3n) is 3.92. The average Bonchev–Trinajstić information content (AvgIpc) is 3.13. The fraction of sp³-hybridized carbons (Fsp3) is 0.176. The molecule has 1 aliphatic rings. The van der Waals surface area contributed by atoms with E-state index in [1.165, 1.54) is 0 Å². The number of anilines is 1. The van der Waals surface area contributed by atoms with Crippen molar-refractivity contribution in [2.24, 2.45) is 0 Å². The number of hydrogen-bond acceptors (Lipinski definition) is 2. The lowest BCUT2D eigenvalue weighted by Crippen LogP contribution is -1.99. The first-order valence-corrected chi connectivity index (χ1v) is 7.29. The quantitative estimate of drug-likeness (QED) is 0.711. The average molecular weight is 302 g/mol. The van der Waals surface area contributed by atoms with Crippen LogP contribution in [-0.4, -0.2) is 6.54 Å². The van der Waals surface area contributed by atoms with E-state index in [-0.39, 0.29) is 0 Å². The van der Waals surface area contributed by atoms with Gasteiger partial charge in [-0.25, -0.2) is 4.39 Å². The van der Waals surface area contributed by atoms with Crippen molar-refractivity contribution in [3.8, 4) is 0 Å². The molecule has 21 heavy (non-hydrogen) atoms. The zero-order valence-corrected chi connectivity index (χ0v) is 12.0. The summed E-state index contributed by atoms with van der Waals surface area (Å²) in [5.41, 5.74) is 3.22. The Bertz CT molecular complexity index is 827. The minimum absolute atomic E-state index is 0.292. The van der Waals surface area contributed by atoms with E-state index in [4.69, 9.17) is 16.0 Å². The van der Waals surface area contributed by atoms with Gasteiger partial charge in [0.15, 0.2) is 11.8 Å². The second kappa shape index (κ2) is 4.78. The zero-order chi connectivity index (χ0) is 14.4. The van der Waals surface area contributed by atoms with Crippen molar-refractivity contribution in [1.29, 1.82) is 0 Å². The molecule has 0 amide bonds. The summed E-state index contributed by atoms with van der Waals surface area (Å²) in [7, 11) is 0. The van der Waals surface area contributed by atoms with Gasteiger partial charge in [-0.1, -0.05) is 41.9 Å². The summed E-state index contributed by atoms with van der Waals surface area (Å²) >= 11 is 6.09. The number of benzene rings is 2. The Morgan fingerprint density at radius 1 is 1.19 bits per heavy atom. The monoisotopic (exact) mass is 301 g/mol. The lowest BCUT2D eigenvalue weighted by Gasteiger charge is -2.11. The Morgan fingerprint density at radius 3 is 2.90 bits per heavy atom. The largest absolute Gasteiger partial charge is 0.456 e. The molecule has 0 spiro atoms. The molecule has 0 radical (unpaired) electrons. The summed E-state index contributed by atoms with van der Waals surface area (Å²) < 4.78 is 20.6. The number of fused-ring (bicyclic) bond motifs is 2. The van der Waals surface area contributed by atoms with E-state index in [2.05, 4.69) is 5.32 Å². The molecule has 2 heterocycles. The third kappa shape index (κ3) is 2.00. The molecule has 0 saturated heterocycles. The van der Waals surface area contributed by atoms with Crippen LogP contribution < -0.4 is 5.32 Å². The van der Waals surface area contributed by atoms with Crippen LogP contribution in [0.5, 0.6) is 0 Å². The third-order valence-corrected chi connectivity index (χ3v) is 4.21. The Morgan fingerprint density at radius 2 is 2.05 bits per heavy atom. The summed E-state index contributed by atoms with van der Waals surface area (Å²) in [6, 6.07) is 12.9. The molecule has 0 saturated carbocycles. The number of rotatable bonds is 2. The highest BCUT2D eigenvalue weighted by Crippen LogP contribution is 2.39. The van der Waals surface area contributed by atoms with Gasteiger partial charge in [0.05, 0.1) is 5.02 Å². The smallest absolute Gasteiger partial charge is 0.185 e. The van der Waals surface area contributed by atoms with Gasteiger partial charge in [-0.3, -0.25) is 0 Å². The minimum Gasteiger partial charge on any atom is -0.456 e. The molecule has 106 valence electrons. The highest BCUT2D eigenvalue weighted by Gasteiger charge is 2.24. The molecule has 4 heteroatoms. The van der Waals surface area contributed by atoms with Crippen LogP contribution in [0.4, 0.5) is 10.1 Å². The van der Waals surface area contributed by atoms with E-state index in [1.54, 1.807) is 18.2 Å². The number of hydrogen-bond donors (Lipinski definition) is 1. The number of halogens is 2. The summed E-state index contributed by atoms with van der Waals surface area (Å²) in [5, 5.41) is 4.58. The van der Waals surface area contributed by atoms with E-state index >= 15 is 0 Å². The van der Waals surface area contributed by atoms with Crippen molar-refractivity contribution in [3.63, 3.8) is 0 Å². The minimum atomic E-state index is -1.30. The van der Waals surface area contributed by atoms with Crippen LogP contribution in [0.1, 0.15) is 23.1 Å². The Hall–Kier alpha value is -2.00. The molecule has 1 N–H and O–H groups in total. The number of nitrogens with one attached hydrogen (secondary N) is 1. The van der Waals surface area contributed by atoms with Crippen molar-refractivity contribution in [3.05, 3.63) is 64.4 Å². The molecule has 2 nitrogen and oxygen atoms in total. The second-order valence-corrected chi connectivity index (χ2v) is 5.63. The SMILES string of the molecule is FC(c1cc2cccc(Cl)c2o1)c1cccc2c1NCC2. The van der Waals surface area contributed by atoms with Crippen molar-refractivity contribution < 1.29 is 8.81 Å². The Balaban J connectivity index is 1.82. The number of para-hydroxylation sites is 2. The van der Waals surface area contributed by atoms with Gasteiger partial charge in [0.1, 0.15) is 5.76 Å². The molecular formula is C17H13ClFNO. The Labute approximate surface area is 126 Å². The second-order valence-electron chi connectivity index (χ2n) is 5.23. The van der Waals surface area contributed by atoms with Gasteiger partial charge < -0.3 is 9.73 Å². The van der Waals surface area contributed by atoms with E-state index < -0.39 is 6.17 Å². The van der Waals surface area contributed by atoms with Crippen LogP contribution in [-0.2, 0) is 6.42 Å². The van der Waals surface area contributed by atoms with Gasteiger partial charge in [0.25, 0.3) is 0 Å². The van der Waals surface area contributed by atoms with Crippen LogP contribution >= 0.6 is 11.6 Å².